The molecular formula is C12H22N2O4. The number of nitrogens with zero attached hydrogens (tertiary/aromatic N) is 1. The molecule has 2 amide bonds. The second kappa shape index (κ2) is 6.04. The van der Waals surface area contributed by atoms with Gasteiger partial charge in [0.15, 0.2) is 0 Å². The number of urea groups is 1. The first-order valence-electron chi connectivity index (χ1n) is 6.17. The van der Waals surface area contributed by atoms with Gasteiger partial charge < -0.3 is 20.1 Å². The van der Waals surface area contributed by atoms with Crippen molar-refractivity contribution in [3.63, 3.8) is 0 Å². The summed E-state index contributed by atoms with van der Waals surface area (Å²) in [5.41, 5.74) is -1.26. The van der Waals surface area contributed by atoms with Crippen LogP contribution in [0, 0.1) is 5.92 Å². The molecule has 6 nitrogen and oxygen atoms in total. The molecule has 104 valence electrons. The largest absolute Gasteiger partial charge is 0.480 e. The Balaban J connectivity index is 2.20. The van der Waals surface area contributed by atoms with Crippen molar-refractivity contribution in [1.29, 1.82) is 0 Å². The third-order valence-electron chi connectivity index (χ3n) is 2.92. The molecule has 1 fully saturated rings. The lowest BCUT2D eigenvalue weighted by Gasteiger charge is -2.25. The van der Waals surface area contributed by atoms with E-state index in [4.69, 9.17) is 9.84 Å². The Bertz CT molecular complexity index is 313. The number of carboxylic acid groups (broad SMARTS) is 1. The SMILES string of the molecule is CN(CCOCC1CC1)C(=O)NC(C)(C)C(=O)O. The van der Waals surface area contributed by atoms with E-state index in [0.717, 1.165) is 6.61 Å². The van der Waals surface area contributed by atoms with Gasteiger partial charge in [0.1, 0.15) is 5.54 Å². The number of nitrogens with one attached hydrogen (secondary N) is 1. The highest BCUT2D eigenvalue weighted by atomic mass is 16.5. The van der Waals surface area contributed by atoms with Crippen molar-refractivity contribution < 1.29 is 19.4 Å². The summed E-state index contributed by atoms with van der Waals surface area (Å²) in [4.78, 5) is 24.0. The van der Waals surface area contributed by atoms with Crippen molar-refractivity contribution in [3.05, 3.63) is 0 Å². The summed E-state index contributed by atoms with van der Waals surface area (Å²) in [5, 5.41) is 11.3. The number of ether oxygens (including phenoxy) is 1. The number of carboxylic acids is 1. The van der Waals surface area contributed by atoms with E-state index in [-0.39, 0.29) is 0 Å². The van der Waals surface area contributed by atoms with Gasteiger partial charge in [-0.25, -0.2) is 9.59 Å². The van der Waals surface area contributed by atoms with Crippen molar-refractivity contribution in [2.75, 3.05) is 26.8 Å². The summed E-state index contributed by atoms with van der Waals surface area (Å²) in [6.07, 6.45) is 2.48. The van der Waals surface area contributed by atoms with Crippen molar-refractivity contribution >= 4 is 12.0 Å². The fraction of sp³-hybridized carbons (Fsp3) is 0.833. The van der Waals surface area contributed by atoms with Gasteiger partial charge in [0.25, 0.3) is 0 Å². The maximum absolute atomic E-state index is 11.7. The Morgan fingerprint density at radius 1 is 1.44 bits per heavy atom. The normalized spacial score (nSPS) is 15.3. The van der Waals surface area contributed by atoms with Crippen LogP contribution in [0.5, 0.6) is 0 Å². The first-order chi connectivity index (χ1) is 8.33. The smallest absolute Gasteiger partial charge is 0.328 e. The molecule has 0 aromatic rings. The Hall–Kier alpha value is -1.30. The average Bonchev–Trinajstić information content (AvgIpc) is 3.07. The molecule has 6 heteroatoms. The summed E-state index contributed by atoms with van der Waals surface area (Å²) >= 11 is 0. The lowest BCUT2D eigenvalue weighted by atomic mass is 10.1. The molecule has 1 saturated carbocycles. The summed E-state index contributed by atoms with van der Waals surface area (Å²) in [6, 6.07) is -0.405. The number of aliphatic carboxylic acids is 1. The highest BCUT2D eigenvalue weighted by Gasteiger charge is 2.30. The number of amides is 2. The van der Waals surface area contributed by atoms with E-state index in [9.17, 15) is 9.59 Å². The summed E-state index contributed by atoms with van der Waals surface area (Å²) < 4.78 is 5.42. The van der Waals surface area contributed by atoms with Gasteiger partial charge in [0, 0.05) is 20.2 Å². The molecule has 0 aromatic carbocycles. The minimum absolute atomic E-state index is 0.405. The van der Waals surface area contributed by atoms with Gasteiger partial charge in [-0.2, -0.15) is 0 Å². The Morgan fingerprint density at radius 3 is 2.56 bits per heavy atom. The molecule has 0 aliphatic heterocycles. The summed E-state index contributed by atoms with van der Waals surface area (Å²) in [5.74, 6) is -0.357. The van der Waals surface area contributed by atoms with Gasteiger partial charge >= 0.3 is 12.0 Å². The minimum atomic E-state index is -1.26. The number of likely N-dealkylation sites (N-methyl/N-ethyl adjacent to an activating group) is 1. The van der Waals surface area contributed by atoms with Gasteiger partial charge in [-0.1, -0.05) is 0 Å². The zero-order valence-corrected chi connectivity index (χ0v) is 11.2. The molecule has 0 bridgehead atoms. The van der Waals surface area contributed by atoms with Crippen LogP contribution in [0.25, 0.3) is 0 Å². The number of rotatable bonds is 7. The first-order valence-corrected chi connectivity index (χ1v) is 6.17. The molecule has 2 N–H and O–H groups in total. The van der Waals surface area contributed by atoms with Gasteiger partial charge in [-0.15, -0.1) is 0 Å². The van der Waals surface area contributed by atoms with Crippen LogP contribution < -0.4 is 5.32 Å². The standard InChI is InChI=1S/C12H22N2O4/c1-12(2,10(15)16)13-11(17)14(3)6-7-18-8-9-4-5-9/h9H,4-8H2,1-3H3,(H,13,17)(H,15,16). The number of carbonyl (C=O) groups excluding carboxylic acids is 1. The number of carbonyl (C=O) groups is 2. The molecule has 1 aliphatic rings. The molecular weight excluding hydrogens is 236 g/mol. The van der Waals surface area contributed by atoms with Crippen molar-refractivity contribution in [3.8, 4) is 0 Å². The van der Waals surface area contributed by atoms with Crippen LogP contribution in [0.15, 0.2) is 0 Å². The molecule has 0 heterocycles. The van der Waals surface area contributed by atoms with E-state index < -0.39 is 17.5 Å². The van der Waals surface area contributed by atoms with Crippen LogP contribution in [0.3, 0.4) is 0 Å². The second-order valence-electron chi connectivity index (χ2n) is 5.30. The molecule has 0 spiro atoms. The van der Waals surface area contributed by atoms with E-state index in [1.165, 1.54) is 31.6 Å². The Labute approximate surface area is 107 Å². The van der Waals surface area contributed by atoms with E-state index in [0.29, 0.717) is 19.1 Å². The third-order valence-corrected chi connectivity index (χ3v) is 2.92. The van der Waals surface area contributed by atoms with E-state index in [1.807, 2.05) is 0 Å². The number of hydrogen-bond donors (Lipinski definition) is 2. The minimum Gasteiger partial charge on any atom is -0.480 e. The first kappa shape index (κ1) is 14.8. The number of hydrogen-bond acceptors (Lipinski definition) is 3. The van der Waals surface area contributed by atoms with Crippen LogP contribution >= 0.6 is 0 Å². The lowest BCUT2D eigenvalue weighted by Crippen LogP contribution is -2.53. The fourth-order valence-corrected chi connectivity index (χ4v) is 1.25. The zero-order chi connectivity index (χ0) is 13.8. The molecule has 0 radical (unpaired) electrons. The van der Waals surface area contributed by atoms with Crippen molar-refractivity contribution in [1.82, 2.24) is 10.2 Å². The summed E-state index contributed by atoms with van der Waals surface area (Å²) in [7, 11) is 1.62. The highest BCUT2D eigenvalue weighted by molar-refractivity contribution is 5.85. The van der Waals surface area contributed by atoms with E-state index >= 15 is 0 Å². The van der Waals surface area contributed by atoms with Crippen LogP contribution in [0.4, 0.5) is 4.79 Å². The van der Waals surface area contributed by atoms with E-state index in [1.54, 1.807) is 7.05 Å². The molecule has 1 rings (SSSR count). The quantitative estimate of drug-likeness (QED) is 0.665. The maximum atomic E-state index is 11.7. The van der Waals surface area contributed by atoms with Crippen LogP contribution in [0.2, 0.25) is 0 Å². The maximum Gasteiger partial charge on any atom is 0.328 e. The van der Waals surface area contributed by atoms with Gasteiger partial charge in [-0.05, 0) is 32.6 Å². The molecule has 0 atom stereocenters. The fourth-order valence-electron chi connectivity index (χ4n) is 1.25. The predicted octanol–water partition coefficient (Wildman–Crippen LogP) is 0.918. The molecule has 0 aromatic heterocycles. The van der Waals surface area contributed by atoms with Crippen LogP contribution in [-0.2, 0) is 9.53 Å². The highest BCUT2D eigenvalue weighted by Crippen LogP contribution is 2.28. The Kier molecular flexibility index (Phi) is 4.95. The zero-order valence-electron chi connectivity index (χ0n) is 11.2. The van der Waals surface area contributed by atoms with Crippen LogP contribution in [-0.4, -0.2) is 54.4 Å². The molecule has 1 aliphatic carbocycles. The van der Waals surface area contributed by atoms with Gasteiger partial charge in [-0.3, -0.25) is 0 Å². The third kappa shape index (κ3) is 4.91. The molecule has 0 unspecified atom stereocenters. The van der Waals surface area contributed by atoms with Crippen molar-refractivity contribution in [2.45, 2.75) is 32.2 Å². The summed E-state index contributed by atoms with van der Waals surface area (Å²) in [6.45, 7) is 4.59. The predicted molar refractivity (Wildman–Crippen MR) is 66.4 cm³/mol. The van der Waals surface area contributed by atoms with Gasteiger partial charge in [0.2, 0.25) is 0 Å². The topological polar surface area (TPSA) is 78.9 Å². The molecule has 18 heavy (non-hydrogen) atoms. The molecule has 0 saturated heterocycles. The van der Waals surface area contributed by atoms with Gasteiger partial charge in [0.05, 0.1) is 6.61 Å². The van der Waals surface area contributed by atoms with Crippen LogP contribution in [0.1, 0.15) is 26.7 Å². The Morgan fingerprint density at radius 2 is 2.06 bits per heavy atom. The second-order valence-corrected chi connectivity index (χ2v) is 5.30. The average molecular weight is 258 g/mol. The van der Waals surface area contributed by atoms with Crippen molar-refractivity contribution in [2.24, 2.45) is 5.92 Å². The van der Waals surface area contributed by atoms with E-state index in [2.05, 4.69) is 5.32 Å². The lowest BCUT2D eigenvalue weighted by molar-refractivity contribution is -0.143. The monoisotopic (exact) mass is 258 g/mol.